The molecule has 0 aliphatic rings. The Morgan fingerprint density at radius 1 is 1.20 bits per heavy atom. The molecule has 0 fully saturated rings. The van der Waals surface area contributed by atoms with Crippen molar-refractivity contribution in [2.75, 3.05) is 13.7 Å². The van der Waals surface area contributed by atoms with E-state index in [4.69, 9.17) is 4.74 Å². The fraction of sp³-hybridized carbons (Fsp3) is 0.353. The number of rotatable bonds is 6. The molecule has 20 heavy (non-hydrogen) atoms. The number of nitrogens with zero attached hydrogens (tertiary/aromatic N) is 1. The third-order valence-electron chi connectivity index (χ3n) is 3.58. The predicted molar refractivity (Wildman–Crippen MR) is 80.3 cm³/mol. The predicted octanol–water partition coefficient (Wildman–Crippen LogP) is 3.37. The molecule has 3 nitrogen and oxygen atoms in total. The lowest BCUT2D eigenvalue weighted by atomic mass is 10.0. The molecular weight excluding hydrogens is 250 g/mol. The number of carbonyl (C=O) groups excluding carboxylic acids is 1. The molecule has 0 bridgehead atoms. The summed E-state index contributed by atoms with van der Waals surface area (Å²) < 4.78 is 7.28. The van der Waals surface area contributed by atoms with Gasteiger partial charge in [0.05, 0.1) is 0 Å². The van der Waals surface area contributed by atoms with Crippen LogP contribution in [0.15, 0.2) is 36.4 Å². The van der Waals surface area contributed by atoms with Gasteiger partial charge in [0.2, 0.25) is 0 Å². The third kappa shape index (κ3) is 2.99. The normalized spacial score (nSPS) is 10.8. The number of aromatic nitrogens is 1. The van der Waals surface area contributed by atoms with Gasteiger partial charge in [0, 0.05) is 42.8 Å². The van der Waals surface area contributed by atoms with E-state index < -0.39 is 0 Å². The van der Waals surface area contributed by atoms with Crippen molar-refractivity contribution in [3.63, 3.8) is 0 Å². The van der Waals surface area contributed by atoms with E-state index in [0.717, 1.165) is 42.1 Å². The molecule has 1 aromatic carbocycles. The summed E-state index contributed by atoms with van der Waals surface area (Å²) in [5.74, 6) is 0.0942. The molecule has 0 saturated carbocycles. The Morgan fingerprint density at radius 3 is 2.55 bits per heavy atom. The van der Waals surface area contributed by atoms with Crippen LogP contribution in [0.4, 0.5) is 0 Å². The summed E-state index contributed by atoms with van der Waals surface area (Å²) >= 11 is 0. The van der Waals surface area contributed by atoms with Crippen molar-refractivity contribution >= 4 is 5.78 Å². The molecule has 106 valence electrons. The van der Waals surface area contributed by atoms with E-state index in [1.807, 2.05) is 50.2 Å². The topological polar surface area (TPSA) is 31.2 Å². The van der Waals surface area contributed by atoms with Crippen LogP contribution in [-0.2, 0) is 11.3 Å². The highest BCUT2D eigenvalue weighted by molar-refractivity contribution is 6.09. The zero-order valence-electron chi connectivity index (χ0n) is 12.3. The zero-order chi connectivity index (χ0) is 14.5. The van der Waals surface area contributed by atoms with E-state index in [1.54, 1.807) is 7.11 Å². The molecule has 0 aliphatic carbocycles. The molecule has 0 spiro atoms. The van der Waals surface area contributed by atoms with Crippen LogP contribution in [0.2, 0.25) is 0 Å². The highest BCUT2D eigenvalue weighted by atomic mass is 16.5. The summed E-state index contributed by atoms with van der Waals surface area (Å²) in [6.45, 7) is 5.67. The van der Waals surface area contributed by atoms with Gasteiger partial charge in [0.1, 0.15) is 0 Å². The number of methoxy groups -OCH3 is 1. The smallest absolute Gasteiger partial charge is 0.194 e. The summed E-state index contributed by atoms with van der Waals surface area (Å²) in [5.41, 5.74) is 3.70. The highest BCUT2D eigenvalue weighted by Crippen LogP contribution is 2.19. The van der Waals surface area contributed by atoms with Crippen LogP contribution >= 0.6 is 0 Å². The SMILES string of the molecule is COCCCn1c(C)cc(C(=O)c2ccccc2)c1C. The molecule has 0 N–H and O–H groups in total. The van der Waals surface area contributed by atoms with Crippen molar-refractivity contribution in [2.24, 2.45) is 0 Å². The van der Waals surface area contributed by atoms with Crippen molar-refractivity contribution in [1.29, 1.82) is 0 Å². The second-order valence-electron chi connectivity index (χ2n) is 4.98. The summed E-state index contributed by atoms with van der Waals surface area (Å²) in [4.78, 5) is 12.5. The fourth-order valence-corrected chi connectivity index (χ4v) is 2.49. The maximum absolute atomic E-state index is 12.5. The first-order valence-electron chi connectivity index (χ1n) is 6.90. The molecule has 0 radical (unpaired) electrons. The van der Waals surface area contributed by atoms with Crippen LogP contribution in [0.25, 0.3) is 0 Å². The lowest BCUT2D eigenvalue weighted by Crippen LogP contribution is -2.07. The Hall–Kier alpha value is -1.87. The number of benzene rings is 1. The van der Waals surface area contributed by atoms with Crippen LogP contribution in [-0.4, -0.2) is 24.1 Å². The van der Waals surface area contributed by atoms with Crippen molar-refractivity contribution in [1.82, 2.24) is 4.57 Å². The molecule has 2 aromatic rings. The van der Waals surface area contributed by atoms with Crippen LogP contribution in [0.5, 0.6) is 0 Å². The number of ketones is 1. The second-order valence-corrected chi connectivity index (χ2v) is 4.98. The number of hydrogen-bond donors (Lipinski definition) is 0. The Bertz CT molecular complexity index is 585. The van der Waals surface area contributed by atoms with Gasteiger partial charge in [-0.05, 0) is 26.3 Å². The molecule has 0 unspecified atom stereocenters. The van der Waals surface area contributed by atoms with Gasteiger partial charge in [-0.25, -0.2) is 0 Å². The number of aryl methyl sites for hydroxylation is 1. The average molecular weight is 271 g/mol. The van der Waals surface area contributed by atoms with E-state index in [1.165, 1.54) is 0 Å². The van der Waals surface area contributed by atoms with Gasteiger partial charge in [0.15, 0.2) is 5.78 Å². The summed E-state index contributed by atoms with van der Waals surface area (Å²) in [6.07, 6.45) is 0.950. The molecule has 0 atom stereocenters. The van der Waals surface area contributed by atoms with Crippen LogP contribution in [0, 0.1) is 13.8 Å². The van der Waals surface area contributed by atoms with Gasteiger partial charge in [-0.15, -0.1) is 0 Å². The van der Waals surface area contributed by atoms with Crippen molar-refractivity contribution in [3.8, 4) is 0 Å². The summed E-state index contributed by atoms with van der Waals surface area (Å²) in [5, 5.41) is 0. The standard InChI is InChI=1S/C17H21NO2/c1-13-12-16(14(2)18(13)10-7-11-20-3)17(19)15-8-5-4-6-9-15/h4-6,8-9,12H,7,10-11H2,1-3H3. The molecule has 0 saturated heterocycles. The molecular formula is C17H21NO2. The Morgan fingerprint density at radius 2 is 1.90 bits per heavy atom. The van der Waals surface area contributed by atoms with Gasteiger partial charge in [-0.3, -0.25) is 4.79 Å². The Kier molecular flexibility index (Phi) is 4.74. The van der Waals surface area contributed by atoms with E-state index in [-0.39, 0.29) is 5.78 Å². The first kappa shape index (κ1) is 14.5. The third-order valence-corrected chi connectivity index (χ3v) is 3.58. The minimum atomic E-state index is 0.0942. The molecule has 1 aromatic heterocycles. The van der Waals surface area contributed by atoms with Gasteiger partial charge in [0.25, 0.3) is 0 Å². The van der Waals surface area contributed by atoms with Gasteiger partial charge < -0.3 is 9.30 Å². The van der Waals surface area contributed by atoms with Crippen LogP contribution in [0.3, 0.4) is 0 Å². The monoisotopic (exact) mass is 271 g/mol. The van der Waals surface area contributed by atoms with Crippen LogP contribution in [0.1, 0.15) is 33.7 Å². The Labute approximate surface area is 120 Å². The molecule has 2 rings (SSSR count). The molecule has 1 heterocycles. The first-order valence-corrected chi connectivity index (χ1v) is 6.90. The summed E-state index contributed by atoms with van der Waals surface area (Å²) in [7, 11) is 1.71. The maximum Gasteiger partial charge on any atom is 0.194 e. The molecule has 3 heteroatoms. The minimum Gasteiger partial charge on any atom is -0.385 e. The summed E-state index contributed by atoms with van der Waals surface area (Å²) in [6, 6.07) is 11.4. The van der Waals surface area contributed by atoms with Crippen molar-refractivity contribution in [2.45, 2.75) is 26.8 Å². The average Bonchev–Trinajstić information content (AvgIpc) is 2.75. The van der Waals surface area contributed by atoms with E-state index >= 15 is 0 Å². The van der Waals surface area contributed by atoms with E-state index in [9.17, 15) is 4.79 Å². The largest absolute Gasteiger partial charge is 0.385 e. The Balaban J connectivity index is 2.25. The van der Waals surface area contributed by atoms with Crippen molar-refractivity contribution < 1.29 is 9.53 Å². The molecule has 0 aliphatic heterocycles. The minimum absolute atomic E-state index is 0.0942. The first-order chi connectivity index (χ1) is 9.65. The highest BCUT2D eigenvalue weighted by Gasteiger charge is 2.16. The van der Waals surface area contributed by atoms with Gasteiger partial charge >= 0.3 is 0 Å². The van der Waals surface area contributed by atoms with Crippen molar-refractivity contribution in [3.05, 3.63) is 58.9 Å². The quantitative estimate of drug-likeness (QED) is 0.596. The van der Waals surface area contributed by atoms with Crippen LogP contribution < -0.4 is 0 Å². The lowest BCUT2D eigenvalue weighted by Gasteiger charge is -2.09. The number of carbonyl (C=O) groups is 1. The van der Waals surface area contributed by atoms with Gasteiger partial charge in [-0.2, -0.15) is 0 Å². The molecule has 0 amide bonds. The second kappa shape index (κ2) is 6.53. The van der Waals surface area contributed by atoms with E-state index in [0.29, 0.717) is 0 Å². The number of ether oxygens (including phenoxy) is 1. The van der Waals surface area contributed by atoms with Gasteiger partial charge in [-0.1, -0.05) is 30.3 Å². The lowest BCUT2D eigenvalue weighted by molar-refractivity contribution is 0.103. The number of hydrogen-bond acceptors (Lipinski definition) is 2. The van der Waals surface area contributed by atoms with E-state index in [2.05, 4.69) is 4.57 Å². The zero-order valence-corrected chi connectivity index (χ0v) is 12.3. The maximum atomic E-state index is 12.5. The fourth-order valence-electron chi connectivity index (χ4n) is 2.49.